The van der Waals surface area contributed by atoms with Crippen LogP contribution >= 0.6 is 0 Å². The zero-order valence-corrected chi connectivity index (χ0v) is 19.7. The van der Waals surface area contributed by atoms with Gasteiger partial charge < -0.3 is 5.73 Å². The number of nitrogens with two attached hydrogens (primary N) is 2. The Labute approximate surface area is 192 Å². The van der Waals surface area contributed by atoms with Gasteiger partial charge >= 0.3 is 0 Å². The van der Waals surface area contributed by atoms with Gasteiger partial charge in [0, 0.05) is 12.1 Å². The van der Waals surface area contributed by atoms with Crippen LogP contribution in [0.15, 0.2) is 29.3 Å². The van der Waals surface area contributed by atoms with E-state index in [1.807, 2.05) is 24.3 Å². The highest BCUT2D eigenvalue weighted by Gasteiger charge is 2.48. The van der Waals surface area contributed by atoms with Crippen LogP contribution in [0.2, 0.25) is 0 Å². The topological polar surface area (TPSA) is 84.5 Å². The van der Waals surface area contributed by atoms with Gasteiger partial charge in [0.15, 0.2) is 11.6 Å². The maximum atomic E-state index is 13.9. The highest BCUT2D eigenvalue weighted by Crippen LogP contribution is 2.41. The normalized spacial score (nSPS) is 25.3. The number of carbonyl (C=O) groups is 1. The summed E-state index contributed by atoms with van der Waals surface area (Å²) in [5.74, 6) is 1.88. The monoisotopic (exact) mass is 441 g/mol. The molecule has 6 heteroatoms. The Morgan fingerprint density at radius 1 is 1.03 bits per heavy atom. The minimum absolute atomic E-state index is 0.129. The average Bonchev–Trinajstić information content (AvgIpc) is 3.05. The first kappa shape index (κ1) is 23.2. The maximum Gasteiger partial charge on any atom is 0.257 e. The molecule has 0 spiro atoms. The molecule has 1 unspecified atom stereocenters. The van der Waals surface area contributed by atoms with Crippen molar-refractivity contribution in [3.05, 3.63) is 29.8 Å². The van der Waals surface area contributed by atoms with Gasteiger partial charge in [-0.3, -0.25) is 9.69 Å². The summed E-state index contributed by atoms with van der Waals surface area (Å²) in [5, 5.41) is 0. The molecule has 4 N–H and O–H groups in total. The minimum atomic E-state index is -0.646. The van der Waals surface area contributed by atoms with Gasteiger partial charge in [-0.2, -0.15) is 5.48 Å². The molecule has 2 aliphatic carbocycles. The number of quaternary nitrogens is 1. The minimum Gasteiger partial charge on any atom is -0.369 e. The molecule has 4 rings (SSSR count). The van der Waals surface area contributed by atoms with Gasteiger partial charge in [0.2, 0.25) is 0 Å². The van der Waals surface area contributed by atoms with E-state index < -0.39 is 5.54 Å². The van der Waals surface area contributed by atoms with Gasteiger partial charge in [-0.25, -0.2) is 9.83 Å². The van der Waals surface area contributed by atoms with E-state index in [0.29, 0.717) is 18.4 Å². The van der Waals surface area contributed by atoms with Crippen molar-refractivity contribution in [2.75, 3.05) is 7.11 Å². The van der Waals surface area contributed by atoms with E-state index in [1.165, 1.54) is 64.2 Å². The summed E-state index contributed by atoms with van der Waals surface area (Å²) in [7, 11) is 1.65. The van der Waals surface area contributed by atoms with Crippen molar-refractivity contribution in [1.29, 1.82) is 0 Å². The molecule has 1 amide bonds. The second-order valence-electron chi connectivity index (χ2n) is 10.2. The molecule has 2 saturated carbocycles. The summed E-state index contributed by atoms with van der Waals surface area (Å²) >= 11 is 0. The molecular formula is C26H41N4O2+. The Kier molecular flexibility index (Phi) is 7.84. The summed E-state index contributed by atoms with van der Waals surface area (Å²) < 4.78 is 0. The van der Waals surface area contributed by atoms with Crippen molar-refractivity contribution >= 4 is 17.6 Å². The molecule has 3 aliphatic rings. The SMILES string of the molecule is CO[NH2+]c1ccc(CN2C(=O)C(CCC3CCCCC3)(CC3CCCCC3)N=C2N)cc1. The second kappa shape index (κ2) is 10.8. The molecule has 1 aromatic rings. The van der Waals surface area contributed by atoms with Crippen LogP contribution in [0, 0.1) is 11.8 Å². The van der Waals surface area contributed by atoms with Crippen molar-refractivity contribution in [3.8, 4) is 0 Å². The molecule has 0 aromatic heterocycles. The third-order valence-corrected chi connectivity index (χ3v) is 7.86. The Morgan fingerprint density at radius 2 is 1.66 bits per heavy atom. The first-order chi connectivity index (χ1) is 15.6. The van der Waals surface area contributed by atoms with E-state index in [2.05, 4.69) is 0 Å². The van der Waals surface area contributed by atoms with Crippen molar-refractivity contribution in [1.82, 2.24) is 4.90 Å². The molecule has 1 atom stereocenters. The first-order valence-electron chi connectivity index (χ1n) is 12.7. The maximum absolute atomic E-state index is 13.9. The number of guanidine groups is 1. The Hall–Kier alpha value is -1.92. The van der Waals surface area contributed by atoms with E-state index in [9.17, 15) is 4.79 Å². The zero-order valence-electron chi connectivity index (χ0n) is 19.7. The summed E-state index contributed by atoms with van der Waals surface area (Å²) in [6.07, 6.45) is 15.8. The summed E-state index contributed by atoms with van der Waals surface area (Å²) in [4.78, 5) is 25.6. The molecule has 1 heterocycles. The molecule has 6 nitrogen and oxygen atoms in total. The largest absolute Gasteiger partial charge is 0.369 e. The van der Waals surface area contributed by atoms with Crippen LogP contribution in [0.1, 0.15) is 89.0 Å². The Bertz CT molecular complexity index is 782. The van der Waals surface area contributed by atoms with E-state index in [4.69, 9.17) is 15.6 Å². The predicted molar refractivity (Wildman–Crippen MR) is 127 cm³/mol. The van der Waals surface area contributed by atoms with E-state index in [0.717, 1.165) is 36.4 Å². The van der Waals surface area contributed by atoms with Crippen LogP contribution in [0.3, 0.4) is 0 Å². The first-order valence-corrected chi connectivity index (χ1v) is 12.7. The lowest BCUT2D eigenvalue weighted by molar-refractivity contribution is -0.830. The number of rotatable bonds is 9. The lowest BCUT2D eigenvalue weighted by Gasteiger charge is -2.33. The van der Waals surface area contributed by atoms with Crippen molar-refractivity contribution in [3.63, 3.8) is 0 Å². The number of hydrogen-bond acceptors (Lipinski definition) is 4. The highest BCUT2D eigenvalue weighted by molar-refractivity contribution is 6.06. The number of aliphatic imine (C=N–C) groups is 1. The molecule has 176 valence electrons. The van der Waals surface area contributed by atoms with E-state index in [-0.39, 0.29) is 5.91 Å². The Balaban J connectivity index is 1.48. The third kappa shape index (κ3) is 5.52. The molecule has 2 fully saturated rings. The lowest BCUT2D eigenvalue weighted by Crippen LogP contribution is -2.75. The van der Waals surface area contributed by atoms with Crippen LogP contribution in [0.4, 0.5) is 5.69 Å². The van der Waals surface area contributed by atoms with Crippen molar-refractivity contribution in [2.45, 2.75) is 95.6 Å². The Morgan fingerprint density at radius 3 is 2.28 bits per heavy atom. The van der Waals surface area contributed by atoms with Crippen LogP contribution < -0.4 is 11.2 Å². The van der Waals surface area contributed by atoms with Gasteiger partial charge in [0.1, 0.15) is 5.54 Å². The van der Waals surface area contributed by atoms with Gasteiger partial charge in [-0.15, -0.1) is 0 Å². The highest BCUT2D eigenvalue weighted by atomic mass is 16.6. The fourth-order valence-electron chi connectivity index (χ4n) is 6.04. The average molecular weight is 442 g/mol. The smallest absolute Gasteiger partial charge is 0.257 e. The summed E-state index contributed by atoms with van der Waals surface area (Å²) in [6.45, 7) is 0.483. The third-order valence-electron chi connectivity index (χ3n) is 7.86. The van der Waals surface area contributed by atoms with Crippen LogP contribution in [-0.2, 0) is 16.2 Å². The van der Waals surface area contributed by atoms with Crippen LogP contribution in [-0.4, -0.2) is 29.4 Å². The fourth-order valence-corrected chi connectivity index (χ4v) is 6.04. The van der Waals surface area contributed by atoms with Gasteiger partial charge in [0.25, 0.3) is 5.91 Å². The van der Waals surface area contributed by atoms with E-state index >= 15 is 0 Å². The number of carbonyl (C=O) groups excluding carboxylic acids is 1. The van der Waals surface area contributed by atoms with Crippen molar-refractivity contribution < 1.29 is 15.1 Å². The van der Waals surface area contributed by atoms with Crippen molar-refractivity contribution in [2.24, 2.45) is 22.6 Å². The van der Waals surface area contributed by atoms with Gasteiger partial charge in [0.05, 0.1) is 13.7 Å². The molecule has 1 aliphatic heterocycles. The molecule has 32 heavy (non-hydrogen) atoms. The zero-order chi connectivity index (χ0) is 22.4. The molecular weight excluding hydrogens is 400 g/mol. The number of amides is 1. The van der Waals surface area contributed by atoms with Gasteiger partial charge in [-0.1, -0.05) is 76.3 Å². The number of hydrogen-bond donors (Lipinski definition) is 2. The summed E-state index contributed by atoms with van der Waals surface area (Å²) in [6, 6.07) is 8.08. The van der Waals surface area contributed by atoms with E-state index in [1.54, 1.807) is 17.5 Å². The second-order valence-corrected chi connectivity index (χ2v) is 10.2. The predicted octanol–water partition coefficient (Wildman–Crippen LogP) is 4.17. The lowest BCUT2D eigenvalue weighted by atomic mass is 9.75. The quantitative estimate of drug-likeness (QED) is 0.446. The molecule has 0 saturated heterocycles. The fraction of sp³-hybridized carbons (Fsp3) is 0.692. The summed E-state index contributed by atoms with van der Waals surface area (Å²) in [5.41, 5.74) is 9.54. The number of nitrogens with zero attached hydrogens (tertiary/aromatic N) is 2. The van der Waals surface area contributed by atoms with Gasteiger partial charge in [-0.05, 0) is 36.7 Å². The molecule has 1 aromatic carbocycles. The van der Waals surface area contributed by atoms with Crippen LogP contribution in [0.5, 0.6) is 0 Å². The molecule has 0 bridgehead atoms. The number of benzene rings is 1. The van der Waals surface area contributed by atoms with Crippen LogP contribution in [0.25, 0.3) is 0 Å². The molecule has 0 radical (unpaired) electrons. The standard InChI is InChI=1S/C26H40N4O2/c1-32-29-23-14-12-22(13-15-23)19-30-24(31)26(28-25(30)27,18-21-10-6-3-7-11-21)17-16-20-8-4-2-5-9-20/h12-15,20-21,29H,2-11,16-19H2,1H3,(H2,27,28)/p+1.